The largest absolute Gasteiger partial charge is 0.378 e. The number of nitrogens with zero attached hydrogens (tertiary/aromatic N) is 4. The number of benzene rings is 1. The van der Waals surface area contributed by atoms with Crippen LogP contribution in [0.15, 0.2) is 29.1 Å². The van der Waals surface area contributed by atoms with Crippen molar-refractivity contribution in [2.45, 2.75) is 32.9 Å². The molecule has 0 bridgehead atoms. The molecule has 1 amide bonds. The number of anilines is 1. The summed E-state index contributed by atoms with van der Waals surface area (Å²) < 4.78 is 5.36. The van der Waals surface area contributed by atoms with Gasteiger partial charge in [-0.2, -0.15) is 0 Å². The molecule has 0 aliphatic carbocycles. The second kappa shape index (κ2) is 11.6. The van der Waals surface area contributed by atoms with E-state index in [9.17, 15) is 9.59 Å². The second-order valence-electron chi connectivity index (χ2n) is 9.23. The number of hydrogen-bond acceptors (Lipinski definition) is 7. The molecule has 2 saturated heterocycles. The van der Waals surface area contributed by atoms with E-state index < -0.39 is 0 Å². The van der Waals surface area contributed by atoms with E-state index in [-0.39, 0.29) is 17.9 Å². The average molecular weight is 469 g/mol. The molecule has 4 rings (SSSR count). The lowest BCUT2D eigenvalue weighted by Gasteiger charge is -2.32. The molecule has 0 radical (unpaired) electrons. The Morgan fingerprint density at radius 2 is 1.85 bits per heavy atom. The van der Waals surface area contributed by atoms with Gasteiger partial charge in [-0.3, -0.25) is 19.5 Å². The first-order chi connectivity index (χ1) is 16.5. The third-order valence-electron chi connectivity index (χ3n) is 6.61. The molecule has 2 N–H and O–H groups in total. The molecule has 2 aliphatic heterocycles. The molecule has 2 fully saturated rings. The normalized spacial score (nSPS) is 17.6. The molecule has 0 atom stereocenters. The number of nitrogens with one attached hydrogen (secondary N) is 2. The fraction of sp³-hybridized carbons (Fsp3) is 0.560. The lowest BCUT2D eigenvalue weighted by molar-refractivity contribution is -0.121. The summed E-state index contributed by atoms with van der Waals surface area (Å²) in [6.45, 7) is 10.3. The van der Waals surface area contributed by atoms with E-state index >= 15 is 0 Å². The van der Waals surface area contributed by atoms with Crippen LogP contribution in [0.5, 0.6) is 0 Å². The Kier molecular flexibility index (Phi) is 8.31. The van der Waals surface area contributed by atoms with Crippen molar-refractivity contribution < 1.29 is 9.53 Å². The zero-order valence-corrected chi connectivity index (χ0v) is 20.3. The summed E-state index contributed by atoms with van der Waals surface area (Å²) in [5, 5.41) is 2.99. The van der Waals surface area contributed by atoms with Gasteiger partial charge in [-0.25, -0.2) is 4.98 Å². The van der Waals surface area contributed by atoms with Gasteiger partial charge in [0.15, 0.2) is 0 Å². The summed E-state index contributed by atoms with van der Waals surface area (Å²) in [5.74, 6) is 0.510. The number of aryl methyl sites for hydroxylation is 1. The maximum atomic E-state index is 12.6. The maximum Gasteiger partial charge on any atom is 0.255 e. The third kappa shape index (κ3) is 6.65. The molecule has 0 spiro atoms. The minimum atomic E-state index is -0.168. The van der Waals surface area contributed by atoms with Crippen molar-refractivity contribution in [2.24, 2.45) is 0 Å². The molecule has 9 heteroatoms. The van der Waals surface area contributed by atoms with E-state index in [1.165, 1.54) is 5.56 Å². The summed E-state index contributed by atoms with van der Waals surface area (Å²) >= 11 is 0. The summed E-state index contributed by atoms with van der Waals surface area (Å²) in [4.78, 5) is 39.4. The molecule has 2 aliphatic rings. The van der Waals surface area contributed by atoms with E-state index in [0.29, 0.717) is 56.5 Å². The minimum absolute atomic E-state index is 0.0690. The fourth-order valence-corrected chi connectivity index (χ4v) is 4.44. The standard InChI is InChI=1S/C25H36N6O3/c1-19-22(24(33)28-25(27-19)31-12-14-34-15-13-31)6-7-23(32)26-17-20-4-3-5-21(16-20)18-30-10-8-29(2)9-11-30/h3-5,16H,6-15,17-18H2,1-2H3,(H,26,32)(H,27,28,33). The molecule has 0 saturated carbocycles. The topological polar surface area (TPSA) is 93.8 Å². The predicted octanol–water partition coefficient (Wildman–Crippen LogP) is 0.911. The molecule has 184 valence electrons. The Labute approximate surface area is 201 Å². The van der Waals surface area contributed by atoms with Crippen molar-refractivity contribution in [1.82, 2.24) is 25.1 Å². The van der Waals surface area contributed by atoms with Crippen LogP contribution in [0.2, 0.25) is 0 Å². The van der Waals surface area contributed by atoms with Gasteiger partial charge in [-0.15, -0.1) is 0 Å². The third-order valence-corrected chi connectivity index (χ3v) is 6.61. The van der Waals surface area contributed by atoms with Gasteiger partial charge in [0.2, 0.25) is 11.9 Å². The van der Waals surface area contributed by atoms with Crippen LogP contribution >= 0.6 is 0 Å². The van der Waals surface area contributed by atoms with E-state index in [1.54, 1.807) is 0 Å². The van der Waals surface area contributed by atoms with Gasteiger partial charge in [0.05, 0.1) is 13.2 Å². The van der Waals surface area contributed by atoms with Gasteiger partial charge < -0.3 is 19.9 Å². The first kappa shape index (κ1) is 24.4. The fourth-order valence-electron chi connectivity index (χ4n) is 4.44. The van der Waals surface area contributed by atoms with Gasteiger partial charge in [-0.05, 0) is 31.5 Å². The number of ether oxygens (including phenoxy) is 1. The number of aromatic amines is 1. The van der Waals surface area contributed by atoms with Crippen molar-refractivity contribution >= 4 is 11.9 Å². The lowest BCUT2D eigenvalue weighted by atomic mass is 10.1. The van der Waals surface area contributed by atoms with Gasteiger partial charge in [0.25, 0.3) is 5.56 Å². The number of morpholine rings is 1. The highest BCUT2D eigenvalue weighted by molar-refractivity contribution is 5.76. The summed E-state index contributed by atoms with van der Waals surface area (Å²) in [5.41, 5.74) is 3.44. The van der Waals surface area contributed by atoms with Crippen LogP contribution in [0, 0.1) is 6.92 Å². The second-order valence-corrected chi connectivity index (χ2v) is 9.23. The van der Waals surface area contributed by atoms with E-state index in [0.717, 1.165) is 38.3 Å². The molecule has 34 heavy (non-hydrogen) atoms. The van der Waals surface area contributed by atoms with E-state index in [1.807, 2.05) is 17.9 Å². The monoisotopic (exact) mass is 468 g/mol. The molecule has 1 aromatic heterocycles. The smallest absolute Gasteiger partial charge is 0.255 e. The number of rotatable bonds is 8. The summed E-state index contributed by atoms with van der Waals surface area (Å²) in [6, 6.07) is 8.41. The Morgan fingerprint density at radius 3 is 2.59 bits per heavy atom. The van der Waals surface area contributed by atoms with Crippen LogP contribution in [0.4, 0.5) is 5.95 Å². The number of carbonyl (C=O) groups is 1. The van der Waals surface area contributed by atoms with Crippen molar-refractivity contribution in [3.8, 4) is 0 Å². The SMILES string of the molecule is Cc1nc(N2CCOCC2)[nH]c(=O)c1CCC(=O)NCc1cccc(CN2CCN(C)CC2)c1. The van der Waals surface area contributed by atoms with Crippen molar-refractivity contribution in [3.63, 3.8) is 0 Å². The van der Waals surface area contributed by atoms with Gasteiger partial charge in [-0.1, -0.05) is 24.3 Å². The van der Waals surface area contributed by atoms with Crippen molar-refractivity contribution in [2.75, 3.05) is 64.4 Å². The van der Waals surface area contributed by atoms with Crippen LogP contribution in [0.1, 0.15) is 28.8 Å². The molecule has 1 aromatic carbocycles. The van der Waals surface area contributed by atoms with Crippen LogP contribution in [0.3, 0.4) is 0 Å². The number of aromatic nitrogens is 2. The highest BCUT2D eigenvalue weighted by Gasteiger charge is 2.17. The molecular weight excluding hydrogens is 432 g/mol. The molecule has 3 heterocycles. The number of carbonyl (C=O) groups excluding carboxylic acids is 1. The highest BCUT2D eigenvalue weighted by Crippen LogP contribution is 2.12. The summed E-state index contributed by atoms with van der Waals surface area (Å²) in [7, 11) is 2.16. The maximum absolute atomic E-state index is 12.6. The molecule has 0 unspecified atom stereocenters. The number of hydrogen-bond donors (Lipinski definition) is 2. The Balaban J connectivity index is 1.26. The number of amides is 1. The van der Waals surface area contributed by atoms with Crippen LogP contribution in [-0.4, -0.2) is 85.2 Å². The van der Waals surface area contributed by atoms with Crippen LogP contribution in [0.25, 0.3) is 0 Å². The lowest BCUT2D eigenvalue weighted by Crippen LogP contribution is -2.43. The van der Waals surface area contributed by atoms with Crippen LogP contribution < -0.4 is 15.8 Å². The van der Waals surface area contributed by atoms with Gasteiger partial charge in [0.1, 0.15) is 0 Å². The zero-order valence-electron chi connectivity index (χ0n) is 20.3. The Bertz CT molecular complexity index is 1030. The summed E-state index contributed by atoms with van der Waals surface area (Å²) in [6.07, 6.45) is 0.621. The van der Waals surface area contributed by atoms with E-state index in [4.69, 9.17) is 4.74 Å². The average Bonchev–Trinajstić information content (AvgIpc) is 2.84. The number of H-pyrrole nitrogens is 1. The van der Waals surface area contributed by atoms with Crippen molar-refractivity contribution in [1.29, 1.82) is 0 Å². The van der Waals surface area contributed by atoms with Crippen LogP contribution in [-0.2, 0) is 29.0 Å². The van der Waals surface area contributed by atoms with Gasteiger partial charge >= 0.3 is 0 Å². The molecule has 2 aromatic rings. The predicted molar refractivity (Wildman–Crippen MR) is 132 cm³/mol. The molecule has 9 nitrogen and oxygen atoms in total. The van der Waals surface area contributed by atoms with Gasteiger partial charge in [0, 0.05) is 70.0 Å². The highest BCUT2D eigenvalue weighted by atomic mass is 16.5. The Morgan fingerprint density at radius 1 is 1.12 bits per heavy atom. The minimum Gasteiger partial charge on any atom is -0.378 e. The first-order valence-electron chi connectivity index (χ1n) is 12.2. The number of piperazine rings is 1. The van der Waals surface area contributed by atoms with E-state index in [2.05, 4.69) is 50.3 Å². The Hall–Kier alpha value is -2.75. The zero-order chi connectivity index (χ0) is 23.9. The first-order valence-corrected chi connectivity index (χ1v) is 12.2. The molecular formula is C25H36N6O3. The van der Waals surface area contributed by atoms with Crippen molar-refractivity contribution in [3.05, 3.63) is 57.0 Å². The quantitative estimate of drug-likeness (QED) is 0.595. The number of likely N-dealkylation sites (N-methyl/N-ethyl adjacent to an activating group) is 1.